The molecule has 3 nitrogen and oxygen atoms in total. The van der Waals surface area contributed by atoms with Crippen LogP contribution in [0.4, 0.5) is 0 Å². The van der Waals surface area contributed by atoms with E-state index in [0.717, 1.165) is 30.6 Å². The predicted molar refractivity (Wildman–Crippen MR) is 104 cm³/mol. The van der Waals surface area contributed by atoms with Gasteiger partial charge in [0.25, 0.3) is 0 Å². The van der Waals surface area contributed by atoms with Gasteiger partial charge in [-0.1, -0.05) is 13.8 Å². The van der Waals surface area contributed by atoms with Gasteiger partial charge in [0, 0.05) is 6.61 Å². The van der Waals surface area contributed by atoms with Gasteiger partial charge < -0.3 is 14.9 Å². The van der Waals surface area contributed by atoms with Gasteiger partial charge in [-0.25, -0.2) is 0 Å². The monoisotopic (exact) mass is 358 g/mol. The van der Waals surface area contributed by atoms with E-state index in [0.29, 0.717) is 29.6 Å². The first-order valence-corrected chi connectivity index (χ1v) is 10.5. The second kappa shape index (κ2) is 6.74. The number of fused-ring (bicyclic) bond motifs is 5. The van der Waals surface area contributed by atoms with Crippen LogP contribution < -0.4 is 4.74 Å². The van der Waals surface area contributed by atoms with Gasteiger partial charge in [-0.2, -0.15) is 0 Å². The van der Waals surface area contributed by atoms with Crippen LogP contribution in [-0.4, -0.2) is 23.9 Å². The van der Waals surface area contributed by atoms with Crippen LogP contribution in [-0.2, 0) is 6.42 Å². The molecule has 2 saturated carbocycles. The Kier molecular flexibility index (Phi) is 4.71. The Labute approximate surface area is 157 Å². The third kappa shape index (κ3) is 2.66. The van der Waals surface area contributed by atoms with Crippen LogP contribution in [0.25, 0.3) is 0 Å². The first kappa shape index (κ1) is 18.2. The summed E-state index contributed by atoms with van der Waals surface area (Å²) in [6.07, 6.45) is 8.51. The molecule has 2 N–H and O–H groups in total. The van der Waals surface area contributed by atoms with E-state index >= 15 is 0 Å². The van der Waals surface area contributed by atoms with Crippen LogP contribution in [0.1, 0.15) is 69.4 Å². The molecule has 0 radical (unpaired) electrons. The van der Waals surface area contributed by atoms with Gasteiger partial charge in [0.2, 0.25) is 0 Å². The Morgan fingerprint density at radius 2 is 2.04 bits per heavy atom. The van der Waals surface area contributed by atoms with Gasteiger partial charge in [0.15, 0.2) is 11.5 Å². The summed E-state index contributed by atoms with van der Waals surface area (Å²) in [6, 6.07) is 4.06. The number of phenols is 1. The van der Waals surface area contributed by atoms with Crippen molar-refractivity contribution in [2.75, 3.05) is 13.7 Å². The predicted octanol–water partition coefficient (Wildman–Crippen LogP) is 4.89. The summed E-state index contributed by atoms with van der Waals surface area (Å²) in [4.78, 5) is 0. The standard InChI is InChI=1S/C23H34O3/c1-14(9-11-24)19-6-7-20-17-5-4-15-12-21(25)22(26-3)13-18(15)16(17)8-10-23(19,20)2/h12-14,16-17,19-20,24-25H,4-11H2,1-3H3/t14-,16+,17-,19-,20+,23-/m1/s1. The lowest BCUT2D eigenvalue weighted by Gasteiger charge is -2.52. The summed E-state index contributed by atoms with van der Waals surface area (Å²) in [5.41, 5.74) is 3.20. The Balaban J connectivity index is 1.63. The van der Waals surface area contributed by atoms with E-state index < -0.39 is 0 Å². The number of ether oxygens (including phenoxy) is 1. The number of hydrogen-bond donors (Lipinski definition) is 2. The molecular formula is C23H34O3. The Morgan fingerprint density at radius 1 is 1.23 bits per heavy atom. The average molecular weight is 359 g/mol. The summed E-state index contributed by atoms with van der Waals surface area (Å²) in [7, 11) is 1.64. The number of phenolic OH excluding ortho intramolecular Hbond substituents is 1. The fourth-order valence-electron chi connectivity index (χ4n) is 7.13. The molecule has 0 bridgehead atoms. The summed E-state index contributed by atoms with van der Waals surface area (Å²) >= 11 is 0. The number of rotatable bonds is 4. The fraction of sp³-hybridized carbons (Fsp3) is 0.739. The van der Waals surface area contributed by atoms with Gasteiger partial charge in [0.1, 0.15) is 0 Å². The molecule has 1 aromatic rings. The maximum absolute atomic E-state index is 10.2. The van der Waals surface area contributed by atoms with Crippen LogP contribution in [0.5, 0.6) is 11.5 Å². The average Bonchev–Trinajstić information content (AvgIpc) is 2.98. The molecule has 0 unspecified atom stereocenters. The molecule has 0 aliphatic heterocycles. The number of aromatic hydroxyl groups is 1. The highest BCUT2D eigenvalue weighted by Crippen LogP contribution is 2.64. The summed E-state index contributed by atoms with van der Waals surface area (Å²) in [5.74, 6) is 4.49. The van der Waals surface area contributed by atoms with Crippen molar-refractivity contribution in [1.82, 2.24) is 0 Å². The van der Waals surface area contributed by atoms with E-state index in [-0.39, 0.29) is 5.75 Å². The molecule has 1 aromatic carbocycles. The van der Waals surface area contributed by atoms with Crippen LogP contribution in [0.2, 0.25) is 0 Å². The summed E-state index contributed by atoms with van der Waals surface area (Å²) in [6.45, 7) is 5.22. The number of methoxy groups -OCH3 is 1. The molecular weight excluding hydrogens is 324 g/mol. The third-order valence-corrected chi connectivity index (χ3v) is 8.37. The van der Waals surface area contributed by atoms with Gasteiger partial charge in [-0.15, -0.1) is 0 Å². The largest absolute Gasteiger partial charge is 0.504 e. The highest BCUT2D eigenvalue weighted by atomic mass is 16.5. The lowest BCUT2D eigenvalue weighted by Crippen LogP contribution is -2.43. The molecule has 3 aliphatic carbocycles. The van der Waals surface area contributed by atoms with Crippen molar-refractivity contribution in [2.45, 2.75) is 64.7 Å². The second-order valence-electron chi connectivity index (χ2n) is 9.36. The van der Waals surface area contributed by atoms with E-state index in [1.165, 1.54) is 43.2 Å². The summed E-state index contributed by atoms with van der Waals surface area (Å²) < 4.78 is 5.40. The molecule has 3 aliphatic rings. The molecule has 6 atom stereocenters. The maximum Gasteiger partial charge on any atom is 0.160 e. The number of aryl methyl sites for hydroxylation is 1. The molecule has 3 heteroatoms. The van der Waals surface area contributed by atoms with Gasteiger partial charge in [0.05, 0.1) is 7.11 Å². The fourth-order valence-corrected chi connectivity index (χ4v) is 7.13. The van der Waals surface area contributed by atoms with E-state index in [1.807, 2.05) is 6.07 Å². The van der Waals surface area contributed by atoms with Crippen molar-refractivity contribution in [1.29, 1.82) is 0 Å². The number of hydrogen-bond acceptors (Lipinski definition) is 3. The van der Waals surface area contributed by atoms with Crippen molar-refractivity contribution in [3.8, 4) is 11.5 Å². The topological polar surface area (TPSA) is 49.7 Å². The van der Waals surface area contributed by atoms with Crippen molar-refractivity contribution >= 4 is 0 Å². The molecule has 0 aromatic heterocycles. The molecule has 2 fully saturated rings. The lowest BCUT2D eigenvalue weighted by molar-refractivity contribution is 0.00768. The molecule has 144 valence electrons. The zero-order chi connectivity index (χ0) is 18.5. The number of aliphatic hydroxyl groups is 1. The molecule has 4 rings (SSSR count). The second-order valence-corrected chi connectivity index (χ2v) is 9.36. The minimum absolute atomic E-state index is 0.282. The van der Waals surface area contributed by atoms with E-state index in [1.54, 1.807) is 7.11 Å². The number of aliphatic hydroxyl groups excluding tert-OH is 1. The van der Waals surface area contributed by atoms with E-state index in [2.05, 4.69) is 19.9 Å². The molecule has 0 spiro atoms. The van der Waals surface area contributed by atoms with Gasteiger partial charge in [-0.3, -0.25) is 0 Å². The third-order valence-electron chi connectivity index (χ3n) is 8.37. The van der Waals surface area contributed by atoms with Gasteiger partial charge >= 0.3 is 0 Å². The molecule has 0 heterocycles. The normalized spacial score (nSPS) is 36.8. The highest BCUT2D eigenvalue weighted by Gasteiger charge is 2.55. The molecule has 0 amide bonds. The minimum atomic E-state index is 0.282. The first-order valence-electron chi connectivity index (χ1n) is 10.5. The quantitative estimate of drug-likeness (QED) is 0.805. The highest BCUT2D eigenvalue weighted by molar-refractivity contribution is 5.49. The van der Waals surface area contributed by atoms with Crippen molar-refractivity contribution < 1.29 is 14.9 Å². The van der Waals surface area contributed by atoms with Crippen LogP contribution in [0.15, 0.2) is 12.1 Å². The molecule has 0 saturated heterocycles. The minimum Gasteiger partial charge on any atom is -0.504 e. The van der Waals surface area contributed by atoms with Crippen LogP contribution >= 0.6 is 0 Å². The Morgan fingerprint density at radius 3 is 2.77 bits per heavy atom. The zero-order valence-electron chi connectivity index (χ0n) is 16.5. The van der Waals surface area contributed by atoms with Crippen molar-refractivity contribution in [3.05, 3.63) is 23.3 Å². The van der Waals surface area contributed by atoms with Gasteiger partial charge in [-0.05, 0) is 103 Å². The van der Waals surface area contributed by atoms with Crippen molar-refractivity contribution in [2.24, 2.45) is 29.1 Å². The van der Waals surface area contributed by atoms with E-state index in [9.17, 15) is 10.2 Å². The lowest BCUT2D eigenvalue weighted by atomic mass is 9.53. The maximum atomic E-state index is 10.2. The molecule has 26 heavy (non-hydrogen) atoms. The summed E-state index contributed by atoms with van der Waals surface area (Å²) in [5, 5.41) is 19.6. The zero-order valence-corrected chi connectivity index (χ0v) is 16.5. The first-order chi connectivity index (χ1) is 12.5. The van der Waals surface area contributed by atoms with Crippen LogP contribution in [0.3, 0.4) is 0 Å². The van der Waals surface area contributed by atoms with E-state index in [4.69, 9.17) is 4.74 Å². The number of benzene rings is 1. The SMILES string of the molecule is COc1cc2c(cc1O)CC[C@@H]1[C@@H]2CC[C@]2(C)[C@@H]([C@H](C)CCO)CC[C@@H]12. The van der Waals surface area contributed by atoms with Crippen LogP contribution in [0, 0.1) is 29.1 Å². The van der Waals surface area contributed by atoms with Crippen molar-refractivity contribution in [3.63, 3.8) is 0 Å². The smallest absolute Gasteiger partial charge is 0.160 e. The Hall–Kier alpha value is -1.22. The Bertz CT molecular complexity index is 670.